The zero-order valence-electron chi connectivity index (χ0n) is 14.1. The predicted molar refractivity (Wildman–Crippen MR) is 92.5 cm³/mol. The van der Waals surface area contributed by atoms with Crippen LogP contribution in [0.15, 0.2) is 24.5 Å². The van der Waals surface area contributed by atoms with Crippen molar-refractivity contribution in [1.29, 1.82) is 0 Å². The molecule has 2 aliphatic carbocycles. The number of pyridine rings is 1. The Balaban J connectivity index is 1.29. The molecule has 0 saturated heterocycles. The third-order valence-corrected chi connectivity index (χ3v) is 5.07. The maximum Gasteiger partial charge on any atom is 0.147 e. The molecule has 3 N–H and O–H groups in total. The summed E-state index contributed by atoms with van der Waals surface area (Å²) in [5.74, 6) is 2.79. The van der Waals surface area contributed by atoms with Crippen molar-refractivity contribution in [3.05, 3.63) is 41.7 Å². The van der Waals surface area contributed by atoms with Gasteiger partial charge in [0, 0.05) is 30.4 Å². The standard InChI is InChI=1S/C18H26N6/c19-15-9-14(10-15)18-23-22-17(24(18)16-5-6-16)12-21-8-2-4-13-3-1-7-20-11-13/h1,3,7,11,14-16,21H,2,4-6,8-10,12,19H2. The topological polar surface area (TPSA) is 81.7 Å². The summed E-state index contributed by atoms with van der Waals surface area (Å²) < 4.78 is 2.39. The molecule has 0 atom stereocenters. The van der Waals surface area contributed by atoms with Crippen LogP contribution in [0.2, 0.25) is 0 Å². The van der Waals surface area contributed by atoms with Crippen LogP contribution in [0.4, 0.5) is 0 Å². The van der Waals surface area contributed by atoms with E-state index in [0.717, 1.165) is 44.6 Å². The number of aryl methyl sites for hydroxylation is 1. The van der Waals surface area contributed by atoms with Crippen LogP contribution in [0.25, 0.3) is 0 Å². The van der Waals surface area contributed by atoms with Gasteiger partial charge in [0.15, 0.2) is 0 Å². The van der Waals surface area contributed by atoms with Crippen LogP contribution in [0.5, 0.6) is 0 Å². The molecule has 6 nitrogen and oxygen atoms in total. The van der Waals surface area contributed by atoms with Gasteiger partial charge in [-0.1, -0.05) is 6.07 Å². The zero-order valence-corrected chi connectivity index (χ0v) is 14.1. The maximum atomic E-state index is 5.94. The summed E-state index contributed by atoms with van der Waals surface area (Å²) in [6.45, 7) is 1.78. The number of nitrogens with one attached hydrogen (secondary N) is 1. The lowest BCUT2D eigenvalue weighted by atomic mass is 9.80. The molecular weight excluding hydrogens is 300 g/mol. The summed E-state index contributed by atoms with van der Waals surface area (Å²) in [5.41, 5.74) is 7.24. The van der Waals surface area contributed by atoms with E-state index in [9.17, 15) is 0 Å². The summed E-state index contributed by atoms with van der Waals surface area (Å²) in [6.07, 6.45) is 10.6. The molecule has 0 aromatic carbocycles. The second-order valence-electron chi connectivity index (χ2n) is 7.15. The average Bonchev–Trinajstić information content (AvgIpc) is 3.33. The molecule has 0 bridgehead atoms. The molecule has 0 spiro atoms. The number of rotatable bonds is 8. The first kappa shape index (κ1) is 15.7. The van der Waals surface area contributed by atoms with Crippen LogP contribution in [-0.4, -0.2) is 32.3 Å². The maximum absolute atomic E-state index is 5.94. The first-order valence-corrected chi connectivity index (χ1v) is 9.10. The molecule has 128 valence electrons. The van der Waals surface area contributed by atoms with E-state index in [1.54, 1.807) is 0 Å². The smallest absolute Gasteiger partial charge is 0.147 e. The highest BCUT2D eigenvalue weighted by Gasteiger charge is 2.36. The van der Waals surface area contributed by atoms with E-state index in [0.29, 0.717) is 18.0 Å². The zero-order chi connectivity index (χ0) is 16.4. The van der Waals surface area contributed by atoms with Gasteiger partial charge in [0.2, 0.25) is 0 Å². The van der Waals surface area contributed by atoms with Gasteiger partial charge in [-0.15, -0.1) is 10.2 Å². The Hall–Kier alpha value is -1.79. The Morgan fingerprint density at radius 3 is 2.83 bits per heavy atom. The molecule has 24 heavy (non-hydrogen) atoms. The number of nitrogens with two attached hydrogens (primary N) is 1. The third kappa shape index (κ3) is 3.49. The molecule has 2 aromatic rings. The van der Waals surface area contributed by atoms with Gasteiger partial charge in [-0.05, 0) is 56.7 Å². The molecule has 2 aliphatic rings. The first-order chi connectivity index (χ1) is 11.8. The van der Waals surface area contributed by atoms with Gasteiger partial charge in [0.1, 0.15) is 11.6 Å². The minimum Gasteiger partial charge on any atom is -0.328 e. The molecule has 2 saturated carbocycles. The molecule has 4 rings (SSSR count). The molecule has 2 heterocycles. The molecule has 0 radical (unpaired) electrons. The van der Waals surface area contributed by atoms with Gasteiger partial charge in [0.25, 0.3) is 0 Å². The fourth-order valence-electron chi connectivity index (χ4n) is 3.50. The largest absolute Gasteiger partial charge is 0.328 e. The first-order valence-electron chi connectivity index (χ1n) is 9.10. The Bertz CT molecular complexity index is 657. The second kappa shape index (κ2) is 6.99. The highest BCUT2D eigenvalue weighted by Crippen LogP contribution is 2.42. The molecule has 2 aromatic heterocycles. The van der Waals surface area contributed by atoms with E-state index in [1.165, 1.54) is 24.2 Å². The van der Waals surface area contributed by atoms with Crippen LogP contribution in [0, 0.1) is 0 Å². The van der Waals surface area contributed by atoms with Crippen molar-refractivity contribution >= 4 is 0 Å². The molecular formula is C18H26N6. The van der Waals surface area contributed by atoms with Crippen molar-refractivity contribution in [3.8, 4) is 0 Å². The van der Waals surface area contributed by atoms with Gasteiger partial charge in [0.05, 0.1) is 6.54 Å². The second-order valence-corrected chi connectivity index (χ2v) is 7.15. The number of hydrogen-bond donors (Lipinski definition) is 2. The van der Waals surface area contributed by atoms with Crippen LogP contribution in [-0.2, 0) is 13.0 Å². The van der Waals surface area contributed by atoms with Gasteiger partial charge in [-0.25, -0.2) is 0 Å². The van der Waals surface area contributed by atoms with Crippen molar-refractivity contribution in [2.24, 2.45) is 5.73 Å². The molecule has 6 heteroatoms. The number of nitrogens with zero attached hydrogens (tertiary/aromatic N) is 4. The number of hydrogen-bond acceptors (Lipinski definition) is 5. The van der Waals surface area contributed by atoms with Crippen molar-refractivity contribution in [1.82, 2.24) is 25.1 Å². The third-order valence-electron chi connectivity index (χ3n) is 5.07. The van der Waals surface area contributed by atoms with Gasteiger partial charge in [-0.2, -0.15) is 0 Å². The van der Waals surface area contributed by atoms with Crippen LogP contribution in [0.3, 0.4) is 0 Å². The minimum atomic E-state index is 0.355. The Labute approximate surface area is 142 Å². The fraction of sp³-hybridized carbons (Fsp3) is 0.611. The van der Waals surface area contributed by atoms with Gasteiger partial charge < -0.3 is 15.6 Å². The van der Waals surface area contributed by atoms with E-state index in [-0.39, 0.29) is 0 Å². The van der Waals surface area contributed by atoms with Crippen LogP contribution >= 0.6 is 0 Å². The lowest BCUT2D eigenvalue weighted by Crippen LogP contribution is -2.36. The fourth-order valence-corrected chi connectivity index (χ4v) is 3.50. The minimum absolute atomic E-state index is 0.355. The summed E-state index contributed by atoms with van der Waals surface area (Å²) in [6, 6.07) is 5.11. The predicted octanol–water partition coefficient (Wildman–Crippen LogP) is 1.94. The Morgan fingerprint density at radius 2 is 2.12 bits per heavy atom. The van der Waals surface area contributed by atoms with Crippen LogP contribution in [0.1, 0.15) is 61.3 Å². The average molecular weight is 326 g/mol. The van der Waals surface area contributed by atoms with Crippen LogP contribution < -0.4 is 11.1 Å². The summed E-state index contributed by atoms with van der Waals surface area (Å²) in [4.78, 5) is 4.16. The van der Waals surface area contributed by atoms with E-state index < -0.39 is 0 Å². The highest BCUT2D eigenvalue weighted by molar-refractivity contribution is 5.12. The summed E-state index contributed by atoms with van der Waals surface area (Å²) in [7, 11) is 0. The molecule has 0 aliphatic heterocycles. The quantitative estimate of drug-likeness (QED) is 0.725. The van der Waals surface area contributed by atoms with E-state index in [1.807, 2.05) is 18.5 Å². The summed E-state index contributed by atoms with van der Waals surface area (Å²) in [5, 5.41) is 12.5. The van der Waals surface area contributed by atoms with Crippen molar-refractivity contribution in [2.75, 3.05) is 6.54 Å². The molecule has 0 unspecified atom stereocenters. The van der Waals surface area contributed by atoms with Crippen molar-refractivity contribution in [3.63, 3.8) is 0 Å². The van der Waals surface area contributed by atoms with E-state index >= 15 is 0 Å². The van der Waals surface area contributed by atoms with E-state index in [2.05, 4.69) is 31.1 Å². The normalized spacial score (nSPS) is 23.2. The monoisotopic (exact) mass is 326 g/mol. The Morgan fingerprint density at radius 1 is 1.25 bits per heavy atom. The van der Waals surface area contributed by atoms with Gasteiger partial charge in [-0.3, -0.25) is 4.98 Å². The van der Waals surface area contributed by atoms with Crippen molar-refractivity contribution in [2.45, 2.75) is 63.1 Å². The van der Waals surface area contributed by atoms with E-state index in [4.69, 9.17) is 5.73 Å². The Kier molecular flexibility index (Phi) is 4.58. The molecule has 2 fully saturated rings. The molecule has 0 amide bonds. The lowest BCUT2D eigenvalue weighted by Gasteiger charge is -2.31. The summed E-state index contributed by atoms with van der Waals surface area (Å²) >= 11 is 0. The highest BCUT2D eigenvalue weighted by atomic mass is 15.3. The SMILES string of the molecule is NC1CC(c2nnc(CNCCCc3cccnc3)n2C2CC2)C1. The van der Waals surface area contributed by atoms with Crippen molar-refractivity contribution < 1.29 is 0 Å². The lowest BCUT2D eigenvalue weighted by molar-refractivity contribution is 0.327. The number of aromatic nitrogens is 4. The van der Waals surface area contributed by atoms with Gasteiger partial charge >= 0.3 is 0 Å².